The number of hydrogen-bond acceptors (Lipinski definition) is 4. The second-order valence-electron chi connectivity index (χ2n) is 6.82. The summed E-state index contributed by atoms with van der Waals surface area (Å²) in [7, 11) is 0. The Hall–Kier alpha value is -1.79. The van der Waals surface area contributed by atoms with E-state index >= 15 is 0 Å². The molecule has 0 bridgehead atoms. The van der Waals surface area contributed by atoms with E-state index in [9.17, 15) is 9.50 Å². The van der Waals surface area contributed by atoms with E-state index in [-0.39, 0.29) is 23.9 Å². The molecule has 0 aromatic carbocycles. The topological polar surface area (TPSA) is 63.0 Å². The van der Waals surface area contributed by atoms with Gasteiger partial charge in [-0.2, -0.15) is 5.10 Å². The van der Waals surface area contributed by atoms with Crippen LogP contribution in [0.25, 0.3) is 0 Å². The van der Waals surface area contributed by atoms with Crippen LogP contribution in [0.3, 0.4) is 0 Å². The van der Waals surface area contributed by atoms with Crippen LogP contribution in [0.4, 0.5) is 4.39 Å². The molecule has 0 spiro atoms. The summed E-state index contributed by atoms with van der Waals surface area (Å²) in [5, 5.41) is 18.1. The number of aromatic nitrogens is 3. The average Bonchev–Trinajstić information content (AvgIpc) is 3.26. The molecular weight excluding hydrogens is 295 g/mol. The summed E-state index contributed by atoms with van der Waals surface area (Å²) in [5.41, 5.74) is 1.97. The highest BCUT2D eigenvalue weighted by Crippen LogP contribution is 2.43. The molecule has 5 nitrogen and oxygen atoms in total. The fraction of sp³-hybridized carbons (Fsp3) is 0.529. The van der Waals surface area contributed by atoms with Crippen molar-refractivity contribution in [2.75, 3.05) is 0 Å². The molecule has 0 radical (unpaired) electrons. The number of aliphatic hydroxyl groups excluding tert-OH is 1. The summed E-state index contributed by atoms with van der Waals surface area (Å²) in [6.45, 7) is 1.99. The van der Waals surface area contributed by atoms with Crippen LogP contribution < -0.4 is 5.32 Å². The molecular formula is C17H21FN4O. The van der Waals surface area contributed by atoms with Crippen LogP contribution >= 0.6 is 0 Å². The highest BCUT2D eigenvalue weighted by atomic mass is 19.1. The Bertz CT molecular complexity index is 699. The van der Waals surface area contributed by atoms with Crippen LogP contribution in [0, 0.1) is 18.7 Å². The zero-order valence-corrected chi connectivity index (χ0v) is 13.1. The first-order valence-electron chi connectivity index (χ1n) is 8.17. The van der Waals surface area contributed by atoms with Gasteiger partial charge in [0.2, 0.25) is 0 Å². The Morgan fingerprint density at radius 3 is 2.78 bits per heavy atom. The first-order valence-corrected chi connectivity index (χ1v) is 8.17. The van der Waals surface area contributed by atoms with Gasteiger partial charge < -0.3 is 10.4 Å². The third-order valence-corrected chi connectivity index (χ3v) is 4.91. The number of aliphatic hydroxyl groups is 1. The number of halogens is 1. The molecule has 122 valence electrons. The summed E-state index contributed by atoms with van der Waals surface area (Å²) >= 11 is 0. The second-order valence-corrected chi connectivity index (χ2v) is 6.82. The molecule has 6 heteroatoms. The maximum Gasteiger partial charge on any atom is 0.141 e. The monoisotopic (exact) mass is 316 g/mol. The van der Waals surface area contributed by atoms with Crippen LogP contribution in [0.5, 0.6) is 0 Å². The molecule has 4 atom stereocenters. The van der Waals surface area contributed by atoms with Crippen LogP contribution in [0.15, 0.2) is 30.9 Å². The summed E-state index contributed by atoms with van der Waals surface area (Å²) in [5.74, 6) is 0.221. The Balaban J connectivity index is 1.53. The largest absolute Gasteiger partial charge is 0.391 e. The van der Waals surface area contributed by atoms with E-state index in [4.69, 9.17) is 0 Å². The third kappa shape index (κ3) is 2.88. The fourth-order valence-corrected chi connectivity index (χ4v) is 3.50. The van der Waals surface area contributed by atoms with Gasteiger partial charge in [0, 0.05) is 24.5 Å². The van der Waals surface area contributed by atoms with Crippen molar-refractivity contribution < 1.29 is 9.50 Å². The SMILES string of the molecule is Cc1cnn([C@H]2[C@H](O)C[C@@H]2NC(c2cncc(F)c2)C2CC2)c1. The summed E-state index contributed by atoms with van der Waals surface area (Å²) in [6, 6.07) is 1.73. The van der Waals surface area contributed by atoms with Crippen molar-refractivity contribution >= 4 is 0 Å². The van der Waals surface area contributed by atoms with Crippen LogP contribution in [-0.2, 0) is 0 Å². The van der Waals surface area contributed by atoms with E-state index in [0.717, 1.165) is 24.0 Å². The number of hydrogen-bond donors (Lipinski definition) is 2. The molecule has 2 heterocycles. The minimum atomic E-state index is -0.391. The Kier molecular flexibility index (Phi) is 3.66. The molecule has 0 saturated heterocycles. The van der Waals surface area contributed by atoms with Gasteiger partial charge in [-0.05, 0) is 49.3 Å². The van der Waals surface area contributed by atoms with E-state index in [1.165, 1.54) is 6.20 Å². The molecule has 1 unspecified atom stereocenters. The lowest BCUT2D eigenvalue weighted by Gasteiger charge is -2.44. The summed E-state index contributed by atoms with van der Waals surface area (Å²) in [4.78, 5) is 3.98. The molecule has 2 fully saturated rings. The van der Waals surface area contributed by atoms with E-state index in [1.807, 2.05) is 17.8 Å². The van der Waals surface area contributed by atoms with Crippen molar-refractivity contribution in [3.63, 3.8) is 0 Å². The lowest BCUT2D eigenvalue weighted by Crippen LogP contribution is -2.55. The lowest BCUT2D eigenvalue weighted by molar-refractivity contribution is -0.0128. The first-order chi connectivity index (χ1) is 11.1. The molecule has 2 aromatic rings. The third-order valence-electron chi connectivity index (χ3n) is 4.91. The van der Waals surface area contributed by atoms with E-state index < -0.39 is 6.10 Å². The highest BCUT2D eigenvalue weighted by molar-refractivity contribution is 5.19. The quantitative estimate of drug-likeness (QED) is 0.887. The predicted molar refractivity (Wildman–Crippen MR) is 83.2 cm³/mol. The minimum absolute atomic E-state index is 0.0635. The van der Waals surface area contributed by atoms with Crippen LogP contribution in [-0.4, -0.2) is 32.0 Å². The predicted octanol–water partition coefficient (Wildman–Crippen LogP) is 2.14. The minimum Gasteiger partial charge on any atom is -0.391 e. The number of pyridine rings is 1. The molecule has 23 heavy (non-hydrogen) atoms. The molecule has 0 aliphatic heterocycles. The molecule has 2 aromatic heterocycles. The number of nitrogens with zero attached hydrogens (tertiary/aromatic N) is 3. The van der Waals surface area contributed by atoms with Crippen LogP contribution in [0.1, 0.15) is 42.5 Å². The summed E-state index contributed by atoms with van der Waals surface area (Å²) in [6.07, 6.45) is 9.32. The fourth-order valence-electron chi connectivity index (χ4n) is 3.50. The maximum absolute atomic E-state index is 13.5. The Morgan fingerprint density at radius 2 is 2.17 bits per heavy atom. The van der Waals surface area contributed by atoms with E-state index in [0.29, 0.717) is 12.3 Å². The van der Waals surface area contributed by atoms with Gasteiger partial charge >= 0.3 is 0 Å². The maximum atomic E-state index is 13.5. The van der Waals surface area contributed by atoms with Gasteiger partial charge in [-0.3, -0.25) is 9.67 Å². The van der Waals surface area contributed by atoms with Crippen molar-refractivity contribution in [2.45, 2.75) is 50.4 Å². The van der Waals surface area contributed by atoms with Crippen LogP contribution in [0.2, 0.25) is 0 Å². The summed E-state index contributed by atoms with van der Waals surface area (Å²) < 4.78 is 15.3. The van der Waals surface area contributed by atoms with Crippen molar-refractivity contribution in [2.24, 2.45) is 5.92 Å². The van der Waals surface area contributed by atoms with E-state index in [1.54, 1.807) is 18.5 Å². The van der Waals surface area contributed by atoms with E-state index in [2.05, 4.69) is 15.4 Å². The average molecular weight is 316 g/mol. The Labute approximate surface area is 134 Å². The zero-order chi connectivity index (χ0) is 16.0. The zero-order valence-electron chi connectivity index (χ0n) is 13.1. The van der Waals surface area contributed by atoms with Crippen molar-refractivity contribution in [1.29, 1.82) is 0 Å². The van der Waals surface area contributed by atoms with Gasteiger partial charge in [0.25, 0.3) is 0 Å². The molecule has 2 aliphatic carbocycles. The number of nitrogens with one attached hydrogen (secondary N) is 1. The Morgan fingerprint density at radius 1 is 1.35 bits per heavy atom. The number of aryl methyl sites for hydroxylation is 1. The van der Waals surface area contributed by atoms with Gasteiger partial charge in [0.05, 0.1) is 24.5 Å². The lowest BCUT2D eigenvalue weighted by atomic mass is 9.82. The van der Waals surface area contributed by atoms with Gasteiger partial charge in [0.15, 0.2) is 0 Å². The highest BCUT2D eigenvalue weighted by Gasteiger charge is 2.45. The molecule has 0 amide bonds. The second kappa shape index (κ2) is 5.69. The normalized spacial score (nSPS) is 28.4. The smallest absolute Gasteiger partial charge is 0.141 e. The first kappa shape index (κ1) is 14.8. The number of rotatable bonds is 5. The van der Waals surface area contributed by atoms with Gasteiger partial charge in [-0.25, -0.2) is 4.39 Å². The standard InChI is InChI=1S/C17H21FN4O/c1-10-6-20-22(9-10)17-14(5-15(17)23)21-16(11-2-3-11)12-4-13(18)8-19-7-12/h4,6-9,11,14-17,21,23H,2-3,5H2,1H3/t14-,15+,16?,17+/m0/s1. The van der Waals surface area contributed by atoms with Crippen molar-refractivity contribution in [3.8, 4) is 0 Å². The molecule has 4 rings (SSSR count). The molecule has 2 saturated carbocycles. The molecule has 2 N–H and O–H groups in total. The van der Waals surface area contributed by atoms with Crippen molar-refractivity contribution in [1.82, 2.24) is 20.1 Å². The van der Waals surface area contributed by atoms with Crippen molar-refractivity contribution in [3.05, 3.63) is 47.8 Å². The molecule has 2 aliphatic rings. The van der Waals surface area contributed by atoms with Gasteiger partial charge in [-0.1, -0.05) is 0 Å². The van der Waals surface area contributed by atoms with Gasteiger partial charge in [-0.15, -0.1) is 0 Å². The van der Waals surface area contributed by atoms with Gasteiger partial charge in [0.1, 0.15) is 5.82 Å².